The fourth-order valence-electron chi connectivity index (χ4n) is 1.38. The summed E-state index contributed by atoms with van der Waals surface area (Å²) in [5.41, 5.74) is 6.75. The van der Waals surface area contributed by atoms with Gasteiger partial charge in [0, 0.05) is 6.54 Å². The van der Waals surface area contributed by atoms with E-state index in [9.17, 15) is 0 Å². The molecule has 3 nitrogen and oxygen atoms in total. The molecule has 0 saturated carbocycles. The van der Waals surface area contributed by atoms with Crippen LogP contribution in [0.4, 0.5) is 0 Å². The third-order valence-corrected chi connectivity index (χ3v) is 2.39. The summed E-state index contributed by atoms with van der Waals surface area (Å²) < 4.78 is 5.54. The van der Waals surface area contributed by atoms with E-state index in [0.29, 0.717) is 13.2 Å². The average Bonchev–Trinajstić information content (AvgIpc) is 2.28. The van der Waals surface area contributed by atoms with Crippen molar-refractivity contribution in [3.63, 3.8) is 0 Å². The maximum atomic E-state index is 5.54. The van der Waals surface area contributed by atoms with Crippen molar-refractivity contribution < 1.29 is 4.74 Å². The molecule has 0 spiro atoms. The molecule has 0 aliphatic rings. The van der Waals surface area contributed by atoms with Crippen molar-refractivity contribution in [3.8, 4) is 5.75 Å². The standard InChI is InChI=1S/C13H22N2O/c1-15(2)10-8-12-4-6-13(7-5-12)16-11-3-9-14/h4-7H,3,8-11,14H2,1-2H3. The van der Waals surface area contributed by atoms with Gasteiger partial charge in [-0.3, -0.25) is 0 Å². The summed E-state index contributed by atoms with van der Waals surface area (Å²) in [6, 6.07) is 8.31. The first-order valence-corrected chi connectivity index (χ1v) is 5.79. The van der Waals surface area contributed by atoms with E-state index in [2.05, 4.69) is 31.1 Å². The van der Waals surface area contributed by atoms with Crippen molar-refractivity contribution >= 4 is 0 Å². The first kappa shape index (κ1) is 13.0. The molecule has 0 saturated heterocycles. The highest BCUT2D eigenvalue weighted by Crippen LogP contribution is 2.12. The monoisotopic (exact) mass is 222 g/mol. The largest absolute Gasteiger partial charge is 0.494 e. The van der Waals surface area contributed by atoms with Crippen molar-refractivity contribution in [3.05, 3.63) is 29.8 Å². The Morgan fingerprint density at radius 3 is 2.44 bits per heavy atom. The van der Waals surface area contributed by atoms with E-state index in [1.54, 1.807) is 0 Å². The fraction of sp³-hybridized carbons (Fsp3) is 0.538. The number of hydrogen-bond acceptors (Lipinski definition) is 3. The molecule has 1 aromatic rings. The first-order valence-electron chi connectivity index (χ1n) is 5.79. The molecule has 0 heterocycles. The predicted octanol–water partition coefficient (Wildman–Crippen LogP) is 1.52. The fourth-order valence-corrected chi connectivity index (χ4v) is 1.38. The van der Waals surface area contributed by atoms with E-state index in [1.165, 1.54) is 5.56 Å². The molecule has 0 amide bonds. The van der Waals surface area contributed by atoms with Crippen LogP contribution >= 0.6 is 0 Å². The highest BCUT2D eigenvalue weighted by atomic mass is 16.5. The van der Waals surface area contributed by atoms with E-state index in [1.807, 2.05) is 12.1 Å². The van der Waals surface area contributed by atoms with Gasteiger partial charge in [0.15, 0.2) is 0 Å². The molecular weight excluding hydrogens is 200 g/mol. The van der Waals surface area contributed by atoms with Crippen LogP contribution in [0, 0.1) is 0 Å². The van der Waals surface area contributed by atoms with Crippen LogP contribution < -0.4 is 10.5 Å². The van der Waals surface area contributed by atoms with Gasteiger partial charge >= 0.3 is 0 Å². The van der Waals surface area contributed by atoms with E-state index in [4.69, 9.17) is 10.5 Å². The number of benzene rings is 1. The normalized spacial score (nSPS) is 10.8. The summed E-state index contributed by atoms with van der Waals surface area (Å²) in [6.07, 6.45) is 1.98. The van der Waals surface area contributed by atoms with Gasteiger partial charge in [0.25, 0.3) is 0 Å². The van der Waals surface area contributed by atoms with Gasteiger partial charge < -0.3 is 15.4 Å². The summed E-state index contributed by atoms with van der Waals surface area (Å²) >= 11 is 0. The number of ether oxygens (including phenoxy) is 1. The molecule has 0 atom stereocenters. The highest BCUT2D eigenvalue weighted by Gasteiger charge is 1.96. The smallest absolute Gasteiger partial charge is 0.119 e. The van der Waals surface area contributed by atoms with Crippen LogP contribution in [0.1, 0.15) is 12.0 Å². The Morgan fingerprint density at radius 1 is 1.19 bits per heavy atom. The molecule has 0 aliphatic carbocycles. The van der Waals surface area contributed by atoms with Crippen LogP contribution in [0.3, 0.4) is 0 Å². The third kappa shape index (κ3) is 5.14. The Hall–Kier alpha value is -1.06. The molecular formula is C13H22N2O. The Kier molecular flexibility index (Phi) is 5.90. The van der Waals surface area contributed by atoms with E-state index in [0.717, 1.165) is 25.1 Å². The molecule has 0 radical (unpaired) electrons. The summed E-state index contributed by atoms with van der Waals surface area (Å²) in [7, 11) is 4.18. The molecule has 1 rings (SSSR count). The van der Waals surface area contributed by atoms with Crippen LogP contribution in [-0.4, -0.2) is 38.7 Å². The van der Waals surface area contributed by atoms with Crippen molar-refractivity contribution in [1.82, 2.24) is 4.90 Å². The predicted molar refractivity (Wildman–Crippen MR) is 67.9 cm³/mol. The SMILES string of the molecule is CN(C)CCc1ccc(OCCCN)cc1. The molecule has 0 aliphatic heterocycles. The number of rotatable bonds is 7. The first-order chi connectivity index (χ1) is 7.72. The minimum absolute atomic E-state index is 0.681. The van der Waals surface area contributed by atoms with Crippen LogP contribution in [0.5, 0.6) is 5.75 Å². The zero-order valence-electron chi connectivity index (χ0n) is 10.3. The summed E-state index contributed by atoms with van der Waals surface area (Å²) in [4.78, 5) is 2.19. The Morgan fingerprint density at radius 2 is 1.88 bits per heavy atom. The quantitative estimate of drug-likeness (QED) is 0.711. The van der Waals surface area contributed by atoms with Crippen molar-refractivity contribution in [2.45, 2.75) is 12.8 Å². The molecule has 90 valence electrons. The number of nitrogens with zero attached hydrogens (tertiary/aromatic N) is 1. The minimum atomic E-state index is 0.681. The van der Waals surface area contributed by atoms with Crippen LogP contribution in [0.25, 0.3) is 0 Å². The molecule has 3 heteroatoms. The minimum Gasteiger partial charge on any atom is -0.494 e. The van der Waals surface area contributed by atoms with Gasteiger partial charge in [-0.25, -0.2) is 0 Å². The molecule has 16 heavy (non-hydrogen) atoms. The number of nitrogens with two attached hydrogens (primary N) is 1. The van der Waals surface area contributed by atoms with E-state index < -0.39 is 0 Å². The van der Waals surface area contributed by atoms with Gasteiger partial charge in [-0.2, -0.15) is 0 Å². The average molecular weight is 222 g/mol. The molecule has 2 N–H and O–H groups in total. The lowest BCUT2D eigenvalue weighted by Gasteiger charge is -2.10. The Balaban J connectivity index is 2.35. The van der Waals surface area contributed by atoms with Gasteiger partial charge in [0.05, 0.1) is 6.61 Å². The van der Waals surface area contributed by atoms with Crippen LogP contribution in [0.15, 0.2) is 24.3 Å². The third-order valence-electron chi connectivity index (χ3n) is 2.39. The second-order valence-corrected chi connectivity index (χ2v) is 4.19. The van der Waals surface area contributed by atoms with Crippen molar-refractivity contribution in [2.24, 2.45) is 5.73 Å². The molecule has 0 unspecified atom stereocenters. The van der Waals surface area contributed by atoms with Crippen LogP contribution in [-0.2, 0) is 6.42 Å². The van der Waals surface area contributed by atoms with E-state index >= 15 is 0 Å². The van der Waals surface area contributed by atoms with Crippen molar-refractivity contribution in [2.75, 3.05) is 33.8 Å². The van der Waals surface area contributed by atoms with Gasteiger partial charge in [-0.05, 0) is 51.2 Å². The Bertz CT molecular complexity index is 282. The summed E-state index contributed by atoms with van der Waals surface area (Å²) in [5.74, 6) is 0.932. The molecule has 0 bridgehead atoms. The van der Waals surface area contributed by atoms with Gasteiger partial charge in [-0.15, -0.1) is 0 Å². The Labute approximate surface area is 98.2 Å². The van der Waals surface area contributed by atoms with Gasteiger partial charge in [-0.1, -0.05) is 12.1 Å². The number of hydrogen-bond donors (Lipinski definition) is 1. The zero-order chi connectivity index (χ0) is 11.8. The molecule has 1 aromatic carbocycles. The second-order valence-electron chi connectivity index (χ2n) is 4.19. The molecule has 0 aromatic heterocycles. The van der Waals surface area contributed by atoms with E-state index in [-0.39, 0.29) is 0 Å². The lowest BCUT2D eigenvalue weighted by Crippen LogP contribution is -2.14. The highest BCUT2D eigenvalue weighted by molar-refractivity contribution is 5.27. The molecule has 0 fully saturated rings. The topological polar surface area (TPSA) is 38.5 Å². The van der Waals surface area contributed by atoms with Crippen LogP contribution in [0.2, 0.25) is 0 Å². The lowest BCUT2D eigenvalue weighted by molar-refractivity contribution is 0.313. The summed E-state index contributed by atoms with van der Waals surface area (Å²) in [6.45, 7) is 2.46. The zero-order valence-corrected chi connectivity index (χ0v) is 10.3. The lowest BCUT2D eigenvalue weighted by atomic mass is 10.1. The number of likely N-dealkylation sites (N-methyl/N-ethyl adjacent to an activating group) is 1. The maximum Gasteiger partial charge on any atom is 0.119 e. The maximum absolute atomic E-state index is 5.54. The van der Waals surface area contributed by atoms with Gasteiger partial charge in [0.2, 0.25) is 0 Å². The summed E-state index contributed by atoms with van der Waals surface area (Å²) in [5, 5.41) is 0. The van der Waals surface area contributed by atoms with Crippen molar-refractivity contribution in [1.29, 1.82) is 0 Å². The van der Waals surface area contributed by atoms with Gasteiger partial charge in [0.1, 0.15) is 5.75 Å². The second kappa shape index (κ2) is 7.25.